The van der Waals surface area contributed by atoms with E-state index in [1.54, 1.807) is 25.1 Å². The third-order valence-corrected chi connectivity index (χ3v) is 4.85. The van der Waals surface area contributed by atoms with Crippen molar-refractivity contribution >= 4 is 11.7 Å². The molecule has 0 aliphatic carbocycles. The lowest BCUT2D eigenvalue weighted by molar-refractivity contribution is -0.409. The molecule has 27 heavy (non-hydrogen) atoms. The van der Waals surface area contributed by atoms with Crippen molar-refractivity contribution in [1.82, 2.24) is 5.32 Å². The molecule has 0 radical (unpaired) electrons. The minimum absolute atomic E-state index is 0.228. The summed E-state index contributed by atoms with van der Waals surface area (Å²) in [6.45, 7) is 9.68. The van der Waals surface area contributed by atoms with Crippen LogP contribution in [0.3, 0.4) is 0 Å². The molecule has 2 unspecified atom stereocenters. The van der Waals surface area contributed by atoms with Crippen LogP contribution in [0, 0.1) is 11.7 Å². The first-order valence-electron chi connectivity index (χ1n) is 9.05. The van der Waals surface area contributed by atoms with Crippen LogP contribution in [0.1, 0.15) is 38.7 Å². The van der Waals surface area contributed by atoms with Crippen LogP contribution in [0.25, 0.3) is 0 Å². The normalized spacial score (nSPS) is 25.1. The Morgan fingerprint density at radius 1 is 1.41 bits per heavy atom. The van der Waals surface area contributed by atoms with E-state index >= 15 is 0 Å². The van der Waals surface area contributed by atoms with Crippen LogP contribution >= 0.6 is 0 Å². The molecule has 6 heteroatoms. The lowest BCUT2D eigenvalue weighted by Gasteiger charge is -2.29. The Balaban J connectivity index is 2.62. The number of hydrogen-bond donors (Lipinski definition) is 4. The maximum absolute atomic E-state index is 13.4. The first kappa shape index (κ1) is 20.6. The molecule has 0 saturated carbocycles. The average Bonchev–Trinajstić information content (AvgIpc) is 2.63. The van der Waals surface area contributed by atoms with E-state index in [0.29, 0.717) is 17.1 Å². The van der Waals surface area contributed by atoms with Gasteiger partial charge in [0, 0.05) is 17.5 Å². The van der Waals surface area contributed by atoms with E-state index < -0.39 is 12.0 Å². The predicted octanol–water partition coefficient (Wildman–Crippen LogP) is 1.19. The van der Waals surface area contributed by atoms with Gasteiger partial charge in [0.05, 0.1) is 5.57 Å². The van der Waals surface area contributed by atoms with Gasteiger partial charge in [0.15, 0.2) is 0 Å². The van der Waals surface area contributed by atoms with Crippen molar-refractivity contribution in [2.75, 3.05) is 0 Å². The molecule has 0 spiro atoms. The Labute approximate surface area is 159 Å². The molecule has 0 bridgehead atoms. The molecule has 1 fully saturated rings. The topological polar surface area (TPSA) is 95.1 Å². The summed E-state index contributed by atoms with van der Waals surface area (Å²) < 4.78 is 13.4. The van der Waals surface area contributed by atoms with Gasteiger partial charge in [-0.2, -0.15) is 0 Å². The number of carbonyl (C=O) groups excluding carboxylic acids is 1. The first-order chi connectivity index (χ1) is 12.8. The van der Waals surface area contributed by atoms with Crippen molar-refractivity contribution in [2.45, 2.75) is 39.2 Å². The molecule has 1 saturated heterocycles. The molecule has 1 heterocycles. The summed E-state index contributed by atoms with van der Waals surface area (Å²) in [6.07, 6.45) is 4.48. The van der Waals surface area contributed by atoms with Gasteiger partial charge in [0.1, 0.15) is 17.6 Å². The van der Waals surface area contributed by atoms with E-state index in [0.717, 1.165) is 17.7 Å². The molecule has 1 amide bonds. The van der Waals surface area contributed by atoms with E-state index in [1.807, 2.05) is 6.08 Å². The number of piperidine rings is 1. The van der Waals surface area contributed by atoms with Gasteiger partial charge in [-0.05, 0) is 37.1 Å². The van der Waals surface area contributed by atoms with Crippen LogP contribution < -0.4 is 21.8 Å². The molecule has 144 valence electrons. The van der Waals surface area contributed by atoms with Crippen LogP contribution in [0.2, 0.25) is 0 Å². The lowest BCUT2D eigenvalue weighted by Crippen LogP contribution is -2.78. The molecule has 1 aliphatic heterocycles. The maximum Gasteiger partial charge on any atom is 0.325 e. The molecule has 5 nitrogen and oxygen atoms in total. The smallest absolute Gasteiger partial charge is 0.325 e. The highest BCUT2D eigenvalue weighted by Gasteiger charge is 2.43. The molecule has 2 rings (SSSR count). The number of amidine groups is 1. The van der Waals surface area contributed by atoms with Crippen LogP contribution in [0.4, 0.5) is 4.39 Å². The van der Waals surface area contributed by atoms with E-state index in [2.05, 4.69) is 30.7 Å². The molecule has 1 aromatic carbocycles. The Kier molecular flexibility index (Phi) is 6.69. The molecule has 3 atom stereocenters. The summed E-state index contributed by atoms with van der Waals surface area (Å²) in [5.41, 5.74) is 15.2. The third kappa shape index (κ3) is 4.52. The number of nitrogens with two attached hydrogens (primary N) is 2. The van der Waals surface area contributed by atoms with E-state index in [-0.39, 0.29) is 17.6 Å². The summed E-state index contributed by atoms with van der Waals surface area (Å²) in [5, 5.41) is 2.83. The fourth-order valence-corrected chi connectivity index (χ4v) is 3.17. The van der Waals surface area contributed by atoms with Crippen molar-refractivity contribution in [1.29, 1.82) is 0 Å². The van der Waals surface area contributed by atoms with Crippen molar-refractivity contribution < 1.29 is 14.2 Å². The second-order valence-corrected chi connectivity index (χ2v) is 6.81. The first-order valence-corrected chi connectivity index (χ1v) is 9.05. The zero-order valence-corrected chi connectivity index (χ0v) is 16.1. The average molecular weight is 371 g/mol. The third-order valence-electron chi connectivity index (χ3n) is 4.85. The minimum Gasteiger partial charge on any atom is -0.402 e. The standard InChI is InChI=1S/C21H27FN4O/c1-5-7-16(12(3)6-2)25-20-17(13(4)23)18(19(24)21(27)26-20)14-8-10-15(22)11-9-14/h5,7-12,18-19H,1,6,23-24H2,2-4H3,(H,25,26,27)/p+1/b16-7+,17-13-/t12?,18?,19-/m0/s1. The SMILES string of the molecule is C=C/C=C(/[NH+]=C1\NC(=O)[C@@H](N)C(c2ccc(F)cc2)\C1=C(/C)N)C(C)CC. The largest absolute Gasteiger partial charge is 0.402 e. The number of benzene rings is 1. The summed E-state index contributed by atoms with van der Waals surface area (Å²) in [4.78, 5) is 15.8. The minimum atomic E-state index is -0.829. The van der Waals surface area contributed by atoms with Crippen LogP contribution in [0.5, 0.6) is 0 Å². The Morgan fingerprint density at radius 3 is 2.56 bits per heavy atom. The molecule has 0 aromatic heterocycles. The fraction of sp³-hybridized carbons (Fsp3) is 0.333. The number of halogens is 1. The zero-order chi connectivity index (χ0) is 20.1. The van der Waals surface area contributed by atoms with Crippen molar-refractivity contribution in [3.05, 3.63) is 71.3 Å². The highest BCUT2D eigenvalue weighted by atomic mass is 19.1. The van der Waals surface area contributed by atoms with Crippen LogP contribution in [-0.2, 0) is 4.79 Å². The molecule has 1 aliphatic rings. The van der Waals surface area contributed by atoms with Crippen molar-refractivity contribution in [3.63, 3.8) is 0 Å². The van der Waals surface area contributed by atoms with Gasteiger partial charge in [-0.1, -0.05) is 38.6 Å². The number of allylic oxidation sites excluding steroid dienone is 4. The predicted molar refractivity (Wildman–Crippen MR) is 106 cm³/mol. The van der Waals surface area contributed by atoms with E-state index in [4.69, 9.17) is 11.5 Å². The van der Waals surface area contributed by atoms with Gasteiger partial charge in [-0.25, -0.2) is 19.5 Å². The molecule has 1 aromatic rings. The quantitative estimate of drug-likeness (QED) is 0.586. The number of amides is 1. The second-order valence-electron chi connectivity index (χ2n) is 6.81. The van der Waals surface area contributed by atoms with Crippen molar-refractivity contribution in [2.24, 2.45) is 17.4 Å². The van der Waals surface area contributed by atoms with Gasteiger partial charge < -0.3 is 11.5 Å². The van der Waals surface area contributed by atoms with E-state index in [1.165, 1.54) is 12.1 Å². The van der Waals surface area contributed by atoms with Gasteiger partial charge in [0.25, 0.3) is 5.84 Å². The summed E-state index contributed by atoms with van der Waals surface area (Å²) >= 11 is 0. The summed E-state index contributed by atoms with van der Waals surface area (Å²) in [6, 6.07) is 5.15. The van der Waals surface area contributed by atoms with Gasteiger partial charge >= 0.3 is 5.91 Å². The van der Waals surface area contributed by atoms with E-state index in [9.17, 15) is 9.18 Å². The number of carbonyl (C=O) groups is 1. The number of hydrogen-bond acceptors (Lipinski definition) is 3. The Bertz CT molecular complexity index is 804. The van der Waals surface area contributed by atoms with Gasteiger partial charge in [-0.15, -0.1) is 0 Å². The second kappa shape index (κ2) is 8.77. The molecule has 6 N–H and O–H groups in total. The van der Waals surface area contributed by atoms with Crippen LogP contribution in [0.15, 0.2) is 60.0 Å². The monoisotopic (exact) mass is 371 g/mol. The zero-order valence-electron chi connectivity index (χ0n) is 16.1. The maximum atomic E-state index is 13.4. The highest BCUT2D eigenvalue weighted by molar-refractivity contribution is 6.11. The Morgan fingerprint density at radius 2 is 2.04 bits per heavy atom. The molecular formula is C21H28FN4O+. The summed E-state index contributed by atoms with van der Waals surface area (Å²) in [7, 11) is 0. The van der Waals surface area contributed by atoms with Crippen LogP contribution in [-0.4, -0.2) is 17.8 Å². The van der Waals surface area contributed by atoms with Gasteiger partial charge in [-0.3, -0.25) is 0 Å². The van der Waals surface area contributed by atoms with Crippen molar-refractivity contribution in [3.8, 4) is 0 Å². The Hall–Kier alpha value is -2.73. The number of rotatable bonds is 5. The summed E-state index contributed by atoms with van der Waals surface area (Å²) in [5.74, 6) is -0.415. The fourth-order valence-electron chi connectivity index (χ4n) is 3.17. The van der Waals surface area contributed by atoms with Gasteiger partial charge in [0.2, 0.25) is 0 Å². The lowest BCUT2D eigenvalue weighted by atomic mass is 9.80. The molecular weight excluding hydrogens is 343 g/mol. The highest BCUT2D eigenvalue weighted by Crippen LogP contribution is 2.31. The number of nitrogens with one attached hydrogen (secondary N) is 2.